The van der Waals surface area contributed by atoms with Gasteiger partial charge in [0.15, 0.2) is 0 Å². The van der Waals surface area contributed by atoms with Gasteiger partial charge in [0.2, 0.25) is 5.91 Å². The van der Waals surface area contributed by atoms with E-state index in [1.165, 1.54) is 0 Å². The van der Waals surface area contributed by atoms with Gasteiger partial charge >= 0.3 is 0 Å². The summed E-state index contributed by atoms with van der Waals surface area (Å²) in [4.78, 5) is 27.6. The summed E-state index contributed by atoms with van der Waals surface area (Å²) in [5.41, 5.74) is 5.37. The molecule has 1 heterocycles. The highest BCUT2D eigenvalue weighted by Crippen LogP contribution is 2.31. The SMILES string of the molecule is NC(=O)CC1(NC(=O)c2ccncc2Br)CCCCC1. The van der Waals surface area contributed by atoms with Crippen LogP contribution in [0.3, 0.4) is 0 Å². The Morgan fingerprint density at radius 3 is 2.65 bits per heavy atom. The number of pyridine rings is 1. The molecular formula is C14H18BrN3O2. The molecule has 0 bridgehead atoms. The predicted molar refractivity (Wildman–Crippen MR) is 79.0 cm³/mol. The van der Waals surface area contributed by atoms with Crippen molar-refractivity contribution in [3.63, 3.8) is 0 Å². The van der Waals surface area contributed by atoms with Crippen LogP contribution < -0.4 is 11.1 Å². The van der Waals surface area contributed by atoms with Crippen molar-refractivity contribution in [1.82, 2.24) is 10.3 Å². The van der Waals surface area contributed by atoms with Crippen molar-refractivity contribution in [2.75, 3.05) is 0 Å². The van der Waals surface area contributed by atoms with Crippen LogP contribution in [0.15, 0.2) is 22.9 Å². The van der Waals surface area contributed by atoms with Gasteiger partial charge < -0.3 is 11.1 Å². The van der Waals surface area contributed by atoms with Crippen LogP contribution in [-0.2, 0) is 4.79 Å². The van der Waals surface area contributed by atoms with E-state index in [1.54, 1.807) is 18.5 Å². The zero-order chi connectivity index (χ0) is 14.6. The molecule has 1 aromatic rings. The second-order valence-electron chi connectivity index (χ2n) is 5.29. The molecule has 0 saturated heterocycles. The summed E-state index contributed by atoms with van der Waals surface area (Å²) in [5, 5.41) is 3.02. The third-order valence-corrected chi connectivity index (χ3v) is 4.35. The molecule has 2 rings (SSSR count). The molecule has 0 aliphatic heterocycles. The average molecular weight is 340 g/mol. The highest BCUT2D eigenvalue weighted by atomic mass is 79.9. The van der Waals surface area contributed by atoms with Gasteiger partial charge in [-0.15, -0.1) is 0 Å². The minimum absolute atomic E-state index is 0.192. The van der Waals surface area contributed by atoms with E-state index in [1.807, 2.05) is 0 Å². The Hall–Kier alpha value is -1.43. The molecule has 0 atom stereocenters. The molecule has 6 heteroatoms. The first-order valence-corrected chi connectivity index (χ1v) is 7.52. The van der Waals surface area contributed by atoms with Gasteiger partial charge in [0.1, 0.15) is 0 Å². The lowest BCUT2D eigenvalue weighted by Gasteiger charge is -2.37. The van der Waals surface area contributed by atoms with Gasteiger partial charge in [0.25, 0.3) is 5.91 Å². The third kappa shape index (κ3) is 3.56. The third-order valence-electron chi connectivity index (χ3n) is 3.72. The summed E-state index contributed by atoms with van der Waals surface area (Å²) < 4.78 is 0.641. The van der Waals surface area contributed by atoms with Crippen molar-refractivity contribution >= 4 is 27.7 Å². The molecule has 0 aromatic carbocycles. The fourth-order valence-electron chi connectivity index (χ4n) is 2.78. The Balaban J connectivity index is 2.17. The van der Waals surface area contributed by atoms with E-state index in [2.05, 4.69) is 26.2 Å². The first kappa shape index (κ1) is 15.0. The molecule has 20 heavy (non-hydrogen) atoms. The van der Waals surface area contributed by atoms with E-state index in [0.717, 1.165) is 32.1 Å². The van der Waals surface area contributed by atoms with Crippen LogP contribution in [0.25, 0.3) is 0 Å². The van der Waals surface area contributed by atoms with E-state index in [-0.39, 0.29) is 18.2 Å². The van der Waals surface area contributed by atoms with Crippen LogP contribution in [-0.4, -0.2) is 22.3 Å². The van der Waals surface area contributed by atoms with Crippen LogP contribution in [0.2, 0.25) is 0 Å². The summed E-state index contributed by atoms with van der Waals surface area (Å²) in [6.07, 6.45) is 8.08. The van der Waals surface area contributed by atoms with Crippen molar-refractivity contribution in [2.45, 2.75) is 44.1 Å². The molecule has 5 nitrogen and oxygen atoms in total. The molecule has 2 amide bonds. The number of aromatic nitrogens is 1. The van der Waals surface area contributed by atoms with Crippen LogP contribution in [0.5, 0.6) is 0 Å². The van der Waals surface area contributed by atoms with Crippen LogP contribution in [0.1, 0.15) is 48.9 Å². The molecule has 1 aliphatic carbocycles. The van der Waals surface area contributed by atoms with Crippen molar-refractivity contribution in [2.24, 2.45) is 5.73 Å². The number of carbonyl (C=O) groups is 2. The fraction of sp³-hybridized carbons (Fsp3) is 0.500. The van der Waals surface area contributed by atoms with Crippen LogP contribution in [0.4, 0.5) is 0 Å². The Bertz CT molecular complexity index is 513. The molecular weight excluding hydrogens is 322 g/mol. The molecule has 1 aliphatic rings. The fourth-order valence-corrected chi connectivity index (χ4v) is 3.21. The maximum atomic E-state index is 12.4. The van der Waals surface area contributed by atoms with Gasteiger partial charge in [0.05, 0.1) is 5.56 Å². The number of carbonyl (C=O) groups excluding carboxylic acids is 2. The first-order valence-electron chi connectivity index (χ1n) is 6.73. The highest BCUT2D eigenvalue weighted by molar-refractivity contribution is 9.10. The quantitative estimate of drug-likeness (QED) is 0.881. The second-order valence-corrected chi connectivity index (χ2v) is 6.15. The van der Waals surface area contributed by atoms with Gasteiger partial charge in [-0.2, -0.15) is 0 Å². The average Bonchev–Trinajstić information content (AvgIpc) is 2.39. The Morgan fingerprint density at radius 1 is 1.35 bits per heavy atom. The van der Waals surface area contributed by atoms with Gasteiger partial charge in [-0.25, -0.2) is 0 Å². The Morgan fingerprint density at radius 2 is 2.05 bits per heavy atom. The summed E-state index contributed by atoms with van der Waals surface area (Å²) in [5.74, 6) is -0.566. The van der Waals surface area contributed by atoms with Crippen LogP contribution >= 0.6 is 15.9 Å². The van der Waals surface area contributed by atoms with Crippen molar-refractivity contribution in [3.8, 4) is 0 Å². The smallest absolute Gasteiger partial charge is 0.252 e. The molecule has 1 aromatic heterocycles. The largest absolute Gasteiger partial charge is 0.370 e. The number of nitrogens with one attached hydrogen (secondary N) is 1. The summed E-state index contributed by atoms with van der Waals surface area (Å²) in [7, 11) is 0. The number of nitrogens with two attached hydrogens (primary N) is 1. The topological polar surface area (TPSA) is 85.1 Å². The number of nitrogens with zero attached hydrogens (tertiary/aromatic N) is 1. The number of halogens is 1. The molecule has 0 unspecified atom stereocenters. The molecule has 1 fully saturated rings. The lowest BCUT2D eigenvalue weighted by atomic mass is 9.79. The second kappa shape index (κ2) is 6.35. The maximum absolute atomic E-state index is 12.4. The lowest BCUT2D eigenvalue weighted by molar-refractivity contribution is -0.119. The number of hydrogen-bond acceptors (Lipinski definition) is 3. The van der Waals surface area contributed by atoms with Gasteiger partial charge in [-0.3, -0.25) is 14.6 Å². The van der Waals surface area contributed by atoms with Gasteiger partial charge in [-0.1, -0.05) is 19.3 Å². The zero-order valence-electron chi connectivity index (χ0n) is 11.2. The minimum atomic E-state index is -0.496. The van der Waals surface area contributed by atoms with Gasteiger partial charge in [-0.05, 0) is 34.8 Å². The molecule has 3 N–H and O–H groups in total. The summed E-state index contributed by atoms with van der Waals surface area (Å²) in [6.45, 7) is 0. The number of amides is 2. The van der Waals surface area contributed by atoms with Crippen molar-refractivity contribution in [3.05, 3.63) is 28.5 Å². The zero-order valence-corrected chi connectivity index (χ0v) is 12.8. The van der Waals surface area contributed by atoms with E-state index in [0.29, 0.717) is 10.0 Å². The maximum Gasteiger partial charge on any atom is 0.252 e. The van der Waals surface area contributed by atoms with Crippen molar-refractivity contribution < 1.29 is 9.59 Å². The number of rotatable bonds is 4. The monoisotopic (exact) mass is 339 g/mol. The molecule has 108 valence electrons. The normalized spacial score (nSPS) is 17.4. The van der Waals surface area contributed by atoms with Gasteiger partial charge in [0, 0.05) is 28.8 Å². The van der Waals surface area contributed by atoms with Crippen LogP contribution in [0, 0.1) is 0 Å². The summed E-state index contributed by atoms with van der Waals surface area (Å²) >= 11 is 3.32. The number of primary amides is 1. The van der Waals surface area contributed by atoms with Crippen molar-refractivity contribution in [1.29, 1.82) is 0 Å². The standard InChI is InChI=1S/C14H18BrN3O2/c15-11-9-17-7-4-10(11)13(20)18-14(8-12(16)19)5-2-1-3-6-14/h4,7,9H,1-3,5-6,8H2,(H2,16,19)(H,18,20). The molecule has 1 saturated carbocycles. The van der Waals surface area contributed by atoms with E-state index >= 15 is 0 Å². The predicted octanol–water partition coefficient (Wildman–Crippen LogP) is 2.15. The van der Waals surface area contributed by atoms with E-state index in [9.17, 15) is 9.59 Å². The molecule has 0 radical (unpaired) electrons. The minimum Gasteiger partial charge on any atom is -0.370 e. The number of hydrogen-bond donors (Lipinski definition) is 2. The highest BCUT2D eigenvalue weighted by Gasteiger charge is 2.35. The first-order chi connectivity index (χ1) is 9.52. The Kier molecular flexibility index (Phi) is 4.75. The summed E-state index contributed by atoms with van der Waals surface area (Å²) in [6, 6.07) is 1.65. The lowest BCUT2D eigenvalue weighted by Crippen LogP contribution is -2.52. The van der Waals surface area contributed by atoms with E-state index < -0.39 is 5.54 Å². The Labute approximate surface area is 126 Å². The van der Waals surface area contributed by atoms with E-state index in [4.69, 9.17) is 5.73 Å². The molecule has 0 spiro atoms.